The van der Waals surface area contributed by atoms with Crippen molar-refractivity contribution in [2.75, 3.05) is 18.5 Å². The van der Waals surface area contributed by atoms with Gasteiger partial charge in [-0.1, -0.05) is 151 Å². The minimum absolute atomic E-state index is 0.0497. The van der Waals surface area contributed by atoms with Gasteiger partial charge in [0.1, 0.15) is 36.3 Å². The maximum atomic E-state index is 12.8. The molecule has 19 heteroatoms. The predicted octanol–water partition coefficient (Wildman–Crippen LogP) is 8.95. The number of hydrogen-bond acceptors (Lipinski definition) is 13. The second kappa shape index (κ2) is 35.0. The molecule has 0 radical (unpaired) electrons. The zero-order chi connectivity index (χ0) is 48.5. The molecule has 8 atom stereocenters. The summed E-state index contributed by atoms with van der Waals surface area (Å²) in [6, 6.07) is 1.29. The summed E-state index contributed by atoms with van der Waals surface area (Å²) in [7, 11) is -10.7. The van der Waals surface area contributed by atoms with Crippen LogP contribution in [-0.2, 0) is 32.0 Å². The Kier molecular flexibility index (Phi) is 31.3. The Morgan fingerprint density at radius 3 is 1.86 bits per heavy atom. The maximum absolute atomic E-state index is 12.8. The van der Waals surface area contributed by atoms with Crippen LogP contribution in [0.5, 0.6) is 0 Å². The van der Waals surface area contributed by atoms with E-state index in [0.29, 0.717) is 19.3 Å². The van der Waals surface area contributed by atoms with Crippen LogP contribution in [0.2, 0.25) is 0 Å². The van der Waals surface area contributed by atoms with Crippen LogP contribution < -0.4 is 11.0 Å². The van der Waals surface area contributed by atoms with E-state index in [1.54, 1.807) is 6.08 Å². The van der Waals surface area contributed by atoms with Gasteiger partial charge >= 0.3 is 21.3 Å². The Balaban J connectivity index is 1.68. The molecule has 1 saturated heterocycles. The second-order valence-corrected chi connectivity index (χ2v) is 19.2. The third-order valence-corrected chi connectivity index (χ3v) is 13.0. The molecule has 374 valence electrons. The van der Waals surface area contributed by atoms with Crippen molar-refractivity contribution in [2.24, 2.45) is 0 Å². The summed E-state index contributed by atoms with van der Waals surface area (Å²) in [6.45, 7) is 2.43. The summed E-state index contributed by atoms with van der Waals surface area (Å²) in [5.74, 6) is -0.414. The summed E-state index contributed by atoms with van der Waals surface area (Å²) in [4.78, 5) is 49.2. The van der Waals surface area contributed by atoms with E-state index in [2.05, 4.69) is 81.6 Å². The molecule has 1 amide bonds. The van der Waals surface area contributed by atoms with Gasteiger partial charge in [0.25, 0.3) is 0 Å². The number of nitrogens with one attached hydrogen (secondary N) is 1. The van der Waals surface area contributed by atoms with E-state index < -0.39 is 71.3 Å². The third-order valence-electron chi connectivity index (χ3n) is 10.4. The number of amides is 1. The van der Waals surface area contributed by atoms with E-state index in [0.717, 1.165) is 55.9 Å². The number of ether oxygens (including phenoxy) is 1. The first-order valence-electron chi connectivity index (χ1n) is 23.5. The summed E-state index contributed by atoms with van der Waals surface area (Å²) >= 11 is 0. The number of aliphatic hydroxyl groups is 4. The lowest BCUT2D eigenvalue weighted by molar-refractivity contribution is -0.116. The molecular weight excluding hydrogens is 892 g/mol. The molecule has 0 aromatic carbocycles. The molecule has 1 aliphatic rings. The first-order valence-corrected chi connectivity index (χ1v) is 26.5. The van der Waals surface area contributed by atoms with Gasteiger partial charge in [-0.25, -0.2) is 13.9 Å². The van der Waals surface area contributed by atoms with Crippen LogP contribution in [-0.4, -0.2) is 89.4 Å². The molecule has 0 aliphatic carbocycles. The van der Waals surface area contributed by atoms with E-state index in [-0.39, 0.29) is 18.1 Å². The lowest BCUT2D eigenvalue weighted by Crippen LogP contribution is -2.36. The molecule has 2 heterocycles. The average Bonchev–Trinajstić information content (AvgIpc) is 3.55. The lowest BCUT2D eigenvalue weighted by Gasteiger charge is -2.20. The van der Waals surface area contributed by atoms with Crippen molar-refractivity contribution >= 4 is 27.4 Å². The summed E-state index contributed by atoms with van der Waals surface area (Å²) in [6.07, 6.45) is 35.4. The molecule has 0 saturated carbocycles. The standard InChI is InChI=1S/C47H77N3O14P2/c1-3-5-7-9-11-13-15-17-18-19-20-22-24-26-28-30-32-34-43(53)48-42-35-36-50(47(56)49-42)46-45(55)44(54)41(63-46)38-62-66(59,60)64-65(57,58)61-37-40(52)39(51)33-31-29-27-25-23-21-16-14-12-10-8-6-4-2/h5,7,11,13,17-18,20,22,26,28,31,33,35-36,39-41,44-46,51-52,54-55H,3-4,6,8-10,12,14-16,19,21,23-25,27,29-30,32,34,37-38H2,1-2H3,(H,57,58)(H,59,60)(H,48,49,53,56)/b7-5+,13-11+,18-17+,22-20+,28-26+,33-31+/t39-,40+,41?,44+,45+,46?/m0/s1. The van der Waals surface area contributed by atoms with Crippen LogP contribution in [0.25, 0.3) is 0 Å². The number of carbonyl (C=O) groups is 1. The van der Waals surface area contributed by atoms with Crippen molar-refractivity contribution in [1.29, 1.82) is 0 Å². The smallest absolute Gasteiger partial charge is 0.388 e. The van der Waals surface area contributed by atoms with E-state index in [1.165, 1.54) is 69.7 Å². The number of unbranched alkanes of at least 4 members (excludes halogenated alkanes) is 12. The first-order chi connectivity index (χ1) is 31.7. The van der Waals surface area contributed by atoms with Gasteiger partial charge in [-0.2, -0.15) is 9.29 Å². The van der Waals surface area contributed by atoms with Crippen molar-refractivity contribution in [2.45, 2.75) is 179 Å². The van der Waals surface area contributed by atoms with Crippen LogP contribution in [0.1, 0.15) is 148 Å². The van der Waals surface area contributed by atoms with Gasteiger partial charge < -0.3 is 40.3 Å². The number of anilines is 1. The molecule has 0 spiro atoms. The Morgan fingerprint density at radius 2 is 1.29 bits per heavy atom. The van der Waals surface area contributed by atoms with Gasteiger partial charge in [-0.15, -0.1) is 0 Å². The Hall–Kier alpha value is -3.15. The topological polar surface area (TPSA) is 256 Å². The van der Waals surface area contributed by atoms with Crippen LogP contribution in [0.15, 0.2) is 90.0 Å². The third kappa shape index (κ3) is 27.0. The van der Waals surface area contributed by atoms with Crippen molar-refractivity contribution in [3.05, 3.63) is 95.7 Å². The molecule has 1 aliphatic heterocycles. The zero-order valence-corrected chi connectivity index (χ0v) is 40.6. The Labute approximate surface area is 391 Å². The molecule has 66 heavy (non-hydrogen) atoms. The van der Waals surface area contributed by atoms with E-state index in [1.807, 2.05) is 12.2 Å². The van der Waals surface area contributed by atoms with Gasteiger partial charge in [0.2, 0.25) is 5.91 Å². The Morgan fingerprint density at radius 1 is 0.758 bits per heavy atom. The number of aliphatic hydroxyl groups excluding tert-OH is 4. The van der Waals surface area contributed by atoms with E-state index in [9.17, 15) is 48.9 Å². The number of hydrogen-bond donors (Lipinski definition) is 7. The summed E-state index contributed by atoms with van der Waals surface area (Å²) in [5.41, 5.74) is -0.953. The van der Waals surface area contributed by atoms with Crippen LogP contribution in [0.3, 0.4) is 0 Å². The highest BCUT2D eigenvalue weighted by Gasteiger charge is 2.46. The molecule has 4 unspecified atom stereocenters. The Bertz CT molecular complexity index is 1830. The highest BCUT2D eigenvalue weighted by atomic mass is 31.3. The molecule has 7 N–H and O–H groups in total. The molecule has 1 aromatic heterocycles. The molecule has 1 fully saturated rings. The number of phosphoric ester groups is 2. The zero-order valence-electron chi connectivity index (χ0n) is 38.8. The van der Waals surface area contributed by atoms with Crippen LogP contribution in [0.4, 0.5) is 5.82 Å². The van der Waals surface area contributed by atoms with Gasteiger partial charge in [0, 0.05) is 12.6 Å². The van der Waals surface area contributed by atoms with Gasteiger partial charge in [0.15, 0.2) is 6.23 Å². The fourth-order valence-corrected chi connectivity index (χ4v) is 8.73. The largest absolute Gasteiger partial charge is 0.481 e. The van der Waals surface area contributed by atoms with Gasteiger partial charge in [-0.05, 0) is 63.9 Å². The van der Waals surface area contributed by atoms with Crippen LogP contribution >= 0.6 is 15.6 Å². The summed E-state index contributed by atoms with van der Waals surface area (Å²) < 4.78 is 44.8. The van der Waals surface area contributed by atoms with Gasteiger partial charge in [-0.3, -0.25) is 18.4 Å². The number of allylic oxidation sites excluding steroid dienone is 11. The van der Waals surface area contributed by atoms with Gasteiger partial charge in [0.05, 0.1) is 13.2 Å². The van der Waals surface area contributed by atoms with Crippen molar-refractivity contribution in [3.63, 3.8) is 0 Å². The SMILES string of the molecule is CC/C=C/C/C=C/C/C=C/C/C=C/C/C=C/CCCC(=O)Nc1ccn(C2OC(COP(=O)(O)OP(=O)(O)OC[C@@H](O)[C@@H](O)/C=C/CCCCCCCCCCCCC)[C@@H](O)[C@H]2O)c(=O)n1. The molecule has 0 bridgehead atoms. The maximum Gasteiger partial charge on any atom is 0.481 e. The molecule has 17 nitrogen and oxygen atoms in total. The quantitative estimate of drug-likeness (QED) is 0.0187. The minimum Gasteiger partial charge on any atom is -0.388 e. The van der Waals surface area contributed by atoms with Crippen molar-refractivity contribution in [1.82, 2.24) is 9.55 Å². The van der Waals surface area contributed by atoms with E-state index >= 15 is 0 Å². The molecular formula is C47H77N3O14P2. The number of aromatic nitrogens is 2. The first kappa shape index (κ1) is 59.0. The number of carbonyl (C=O) groups excluding carboxylic acids is 1. The highest BCUT2D eigenvalue weighted by molar-refractivity contribution is 7.61. The average molecular weight is 970 g/mol. The second-order valence-electron chi connectivity index (χ2n) is 16.1. The van der Waals surface area contributed by atoms with Crippen LogP contribution in [0, 0.1) is 0 Å². The normalized spacial score (nSPS) is 21.0. The van der Waals surface area contributed by atoms with Crippen molar-refractivity contribution < 1.29 is 62.2 Å². The monoisotopic (exact) mass is 969 g/mol. The van der Waals surface area contributed by atoms with E-state index in [4.69, 9.17) is 9.26 Å². The number of nitrogens with zero attached hydrogens (tertiary/aromatic N) is 2. The number of phosphoric acid groups is 2. The minimum atomic E-state index is -5.39. The fourth-order valence-electron chi connectivity index (χ4n) is 6.63. The molecule has 1 aromatic rings. The van der Waals surface area contributed by atoms with Crippen molar-refractivity contribution in [3.8, 4) is 0 Å². The summed E-state index contributed by atoms with van der Waals surface area (Å²) in [5, 5.41) is 44.1. The number of rotatable bonds is 37. The highest BCUT2D eigenvalue weighted by Crippen LogP contribution is 2.60. The molecule has 2 rings (SSSR count). The predicted molar refractivity (Wildman–Crippen MR) is 256 cm³/mol. The fraction of sp³-hybridized carbons (Fsp3) is 0.638. The lowest BCUT2D eigenvalue weighted by atomic mass is 10.1.